The standard InChI is InChI=1S/C16H24BrClN2O/c1-16(2,20-6-8-21-9-7-20)15(19-3)10-12-4-5-13(17)11-14(12)18/h4-5,11,15,19H,6-10H2,1-3H3. The summed E-state index contributed by atoms with van der Waals surface area (Å²) in [6.45, 7) is 8.20. The number of morpholine rings is 1. The van der Waals surface area contributed by atoms with E-state index in [4.69, 9.17) is 16.3 Å². The molecule has 1 fully saturated rings. The summed E-state index contributed by atoms with van der Waals surface area (Å²) in [5, 5.41) is 4.30. The number of ether oxygens (including phenoxy) is 1. The summed E-state index contributed by atoms with van der Waals surface area (Å²) >= 11 is 9.83. The highest BCUT2D eigenvalue weighted by atomic mass is 79.9. The number of halogens is 2. The van der Waals surface area contributed by atoms with Gasteiger partial charge in [-0.05, 0) is 45.0 Å². The number of benzene rings is 1. The minimum absolute atomic E-state index is 0.0505. The predicted molar refractivity (Wildman–Crippen MR) is 92.2 cm³/mol. The SMILES string of the molecule is CNC(Cc1ccc(Br)cc1Cl)C(C)(C)N1CCOCC1. The molecule has 5 heteroatoms. The molecule has 2 rings (SSSR count). The molecule has 0 radical (unpaired) electrons. The average molecular weight is 376 g/mol. The Labute approximate surface area is 141 Å². The van der Waals surface area contributed by atoms with Gasteiger partial charge in [0.15, 0.2) is 0 Å². The average Bonchev–Trinajstić information content (AvgIpc) is 2.47. The van der Waals surface area contributed by atoms with Crippen molar-refractivity contribution in [2.24, 2.45) is 0 Å². The van der Waals surface area contributed by atoms with Crippen LogP contribution in [0.1, 0.15) is 19.4 Å². The van der Waals surface area contributed by atoms with Gasteiger partial charge in [-0.25, -0.2) is 0 Å². The normalized spacial score (nSPS) is 18.7. The van der Waals surface area contributed by atoms with Gasteiger partial charge >= 0.3 is 0 Å². The third-order valence-corrected chi connectivity index (χ3v) is 5.31. The number of nitrogens with zero attached hydrogens (tertiary/aromatic N) is 1. The maximum Gasteiger partial charge on any atom is 0.0594 e. The minimum atomic E-state index is 0.0505. The summed E-state index contributed by atoms with van der Waals surface area (Å²) in [7, 11) is 2.03. The maximum absolute atomic E-state index is 6.38. The molecule has 1 aromatic rings. The van der Waals surface area contributed by atoms with E-state index in [9.17, 15) is 0 Å². The summed E-state index contributed by atoms with van der Waals surface area (Å²) < 4.78 is 6.49. The first-order chi connectivity index (χ1) is 9.95. The number of hydrogen-bond donors (Lipinski definition) is 1. The molecule has 0 spiro atoms. The number of nitrogens with one attached hydrogen (secondary N) is 1. The van der Waals surface area contributed by atoms with Gasteiger partial charge in [0.2, 0.25) is 0 Å². The van der Waals surface area contributed by atoms with Gasteiger partial charge in [0.1, 0.15) is 0 Å². The van der Waals surface area contributed by atoms with Crippen LogP contribution in [0.3, 0.4) is 0 Å². The molecule has 0 amide bonds. The lowest BCUT2D eigenvalue weighted by Gasteiger charge is -2.46. The fourth-order valence-corrected chi connectivity index (χ4v) is 3.72. The van der Waals surface area contributed by atoms with Crippen LogP contribution in [0.5, 0.6) is 0 Å². The van der Waals surface area contributed by atoms with Crippen molar-refractivity contribution < 1.29 is 4.74 Å². The molecular weight excluding hydrogens is 352 g/mol. The lowest BCUT2D eigenvalue weighted by Crippen LogP contribution is -2.60. The smallest absolute Gasteiger partial charge is 0.0594 e. The van der Waals surface area contributed by atoms with Crippen molar-refractivity contribution in [2.75, 3.05) is 33.4 Å². The topological polar surface area (TPSA) is 24.5 Å². The molecule has 1 aliphatic heterocycles. The van der Waals surface area contributed by atoms with Crippen molar-refractivity contribution in [3.05, 3.63) is 33.3 Å². The molecule has 1 aliphatic rings. The lowest BCUT2D eigenvalue weighted by molar-refractivity contribution is -0.0223. The molecule has 1 unspecified atom stereocenters. The highest BCUT2D eigenvalue weighted by Gasteiger charge is 2.35. The van der Waals surface area contributed by atoms with Gasteiger partial charge in [0, 0.05) is 34.2 Å². The van der Waals surface area contributed by atoms with Gasteiger partial charge in [0.05, 0.1) is 13.2 Å². The van der Waals surface area contributed by atoms with Crippen molar-refractivity contribution in [2.45, 2.75) is 31.8 Å². The molecule has 21 heavy (non-hydrogen) atoms. The number of hydrogen-bond acceptors (Lipinski definition) is 3. The molecule has 118 valence electrons. The van der Waals surface area contributed by atoms with E-state index in [1.54, 1.807) is 0 Å². The van der Waals surface area contributed by atoms with Crippen LogP contribution in [0.15, 0.2) is 22.7 Å². The van der Waals surface area contributed by atoms with E-state index in [-0.39, 0.29) is 5.54 Å². The molecule has 0 saturated carbocycles. The first kappa shape index (κ1) is 17.2. The van der Waals surface area contributed by atoms with Crippen molar-refractivity contribution >= 4 is 27.5 Å². The van der Waals surface area contributed by atoms with E-state index in [1.807, 2.05) is 13.1 Å². The Morgan fingerprint density at radius 2 is 2.05 bits per heavy atom. The summed E-state index contributed by atoms with van der Waals surface area (Å²) in [5.41, 5.74) is 1.23. The van der Waals surface area contributed by atoms with Crippen LogP contribution >= 0.6 is 27.5 Å². The maximum atomic E-state index is 6.38. The second kappa shape index (κ2) is 7.42. The predicted octanol–water partition coefficient (Wildman–Crippen LogP) is 3.34. The highest BCUT2D eigenvalue weighted by molar-refractivity contribution is 9.10. The molecule has 0 aromatic heterocycles. The first-order valence-electron chi connectivity index (χ1n) is 7.39. The third kappa shape index (κ3) is 4.20. The van der Waals surface area contributed by atoms with Gasteiger partial charge in [-0.15, -0.1) is 0 Å². The molecule has 1 atom stereocenters. The quantitative estimate of drug-likeness (QED) is 0.854. The van der Waals surface area contributed by atoms with Crippen LogP contribution in [0, 0.1) is 0 Å². The molecule has 1 saturated heterocycles. The number of rotatable bonds is 5. The van der Waals surface area contributed by atoms with Crippen LogP contribution in [-0.4, -0.2) is 49.8 Å². The van der Waals surface area contributed by atoms with Crippen LogP contribution in [0.25, 0.3) is 0 Å². The molecule has 0 bridgehead atoms. The van der Waals surface area contributed by atoms with Gasteiger partial charge < -0.3 is 10.1 Å². The highest BCUT2D eigenvalue weighted by Crippen LogP contribution is 2.27. The van der Waals surface area contributed by atoms with Crippen molar-refractivity contribution in [1.29, 1.82) is 0 Å². The fraction of sp³-hybridized carbons (Fsp3) is 0.625. The van der Waals surface area contributed by atoms with E-state index < -0.39 is 0 Å². The largest absolute Gasteiger partial charge is 0.379 e. The van der Waals surface area contributed by atoms with Crippen molar-refractivity contribution in [3.8, 4) is 0 Å². The summed E-state index contributed by atoms with van der Waals surface area (Å²) in [6, 6.07) is 6.45. The fourth-order valence-electron chi connectivity index (χ4n) is 2.97. The minimum Gasteiger partial charge on any atom is -0.379 e. The molecule has 3 nitrogen and oxygen atoms in total. The molecular formula is C16H24BrClN2O. The van der Waals surface area contributed by atoms with Gasteiger partial charge in [-0.2, -0.15) is 0 Å². The van der Waals surface area contributed by atoms with Gasteiger partial charge in [0.25, 0.3) is 0 Å². The molecule has 1 heterocycles. The van der Waals surface area contributed by atoms with Crippen molar-refractivity contribution in [1.82, 2.24) is 10.2 Å². The number of likely N-dealkylation sites (N-methyl/N-ethyl adjacent to an activating group) is 1. The lowest BCUT2D eigenvalue weighted by atomic mass is 9.87. The zero-order chi connectivity index (χ0) is 15.5. The Hall–Kier alpha value is -0.130. The van der Waals surface area contributed by atoms with Crippen molar-refractivity contribution in [3.63, 3.8) is 0 Å². The monoisotopic (exact) mass is 374 g/mol. The van der Waals surface area contributed by atoms with E-state index in [1.165, 1.54) is 5.56 Å². The van der Waals surface area contributed by atoms with E-state index >= 15 is 0 Å². The van der Waals surface area contributed by atoms with E-state index in [0.29, 0.717) is 6.04 Å². The van der Waals surface area contributed by atoms with E-state index in [0.717, 1.165) is 42.2 Å². The molecule has 1 aromatic carbocycles. The Bertz CT molecular complexity index is 475. The second-order valence-corrected chi connectivity index (χ2v) is 7.36. The zero-order valence-electron chi connectivity index (χ0n) is 13.0. The van der Waals surface area contributed by atoms with Crippen LogP contribution in [0.4, 0.5) is 0 Å². The summed E-state index contributed by atoms with van der Waals surface area (Å²) in [5.74, 6) is 0. The van der Waals surface area contributed by atoms with E-state index in [2.05, 4.69) is 52.1 Å². The Morgan fingerprint density at radius 3 is 2.62 bits per heavy atom. The Kier molecular flexibility index (Phi) is 6.09. The van der Waals surface area contributed by atoms with Gasteiger partial charge in [-0.3, -0.25) is 4.90 Å². The zero-order valence-corrected chi connectivity index (χ0v) is 15.3. The summed E-state index contributed by atoms with van der Waals surface area (Å²) in [4.78, 5) is 2.50. The Balaban J connectivity index is 2.14. The Morgan fingerprint density at radius 1 is 1.38 bits per heavy atom. The van der Waals surface area contributed by atoms with Crippen LogP contribution < -0.4 is 5.32 Å². The van der Waals surface area contributed by atoms with Crippen LogP contribution in [-0.2, 0) is 11.2 Å². The van der Waals surface area contributed by atoms with Crippen LogP contribution in [0.2, 0.25) is 5.02 Å². The second-order valence-electron chi connectivity index (χ2n) is 6.03. The summed E-state index contributed by atoms with van der Waals surface area (Å²) in [6.07, 6.45) is 0.910. The molecule has 0 aliphatic carbocycles. The third-order valence-electron chi connectivity index (χ3n) is 4.47. The first-order valence-corrected chi connectivity index (χ1v) is 8.56. The molecule has 1 N–H and O–H groups in total. The van der Waals surface area contributed by atoms with Gasteiger partial charge in [-0.1, -0.05) is 33.6 Å².